The number of para-hydroxylation sites is 1. The Morgan fingerprint density at radius 1 is 0.750 bits per heavy atom. The summed E-state index contributed by atoms with van der Waals surface area (Å²) in [6, 6.07) is 23.6. The second-order valence-electron chi connectivity index (χ2n) is 4.99. The summed E-state index contributed by atoms with van der Waals surface area (Å²) >= 11 is 0. The Bertz CT molecular complexity index is 934. The maximum atomic E-state index is 13.7. The van der Waals surface area contributed by atoms with Crippen molar-refractivity contribution in [2.24, 2.45) is 4.36 Å². The topological polar surface area (TPSA) is 72.6 Å². The van der Waals surface area contributed by atoms with Crippen molar-refractivity contribution < 1.29 is 9.13 Å². The van der Waals surface area contributed by atoms with E-state index in [1.807, 2.05) is 12.1 Å². The van der Waals surface area contributed by atoms with Gasteiger partial charge in [-0.2, -0.15) is 4.36 Å². The summed E-state index contributed by atoms with van der Waals surface area (Å²) in [6.45, 7) is 0. The molecule has 0 N–H and O–H groups in total. The van der Waals surface area contributed by atoms with E-state index in [4.69, 9.17) is 0 Å². The molecule has 0 aliphatic carbocycles. The van der Waals surface area contributed by atoms with E-state index in [1.54, 1.807) is 60.7 Å². The summed E-state index contributed by atoms with van der Waals surface area (Å²) < 4.78 is 18.1. The van der Waals surface area contributed by atoms with Gasteiger partial charge >= 0.3 is 0 Å². The van der Waals surface area contributed by atoms with Gasteiger partial charge in [0, 0.05) is 6.07 Å². The molecule has 0 spiro atoms. The average Bonchev–Trinajstić information content (AvgIpc) is 2.63. The molecule has 5 nitrogen and oxygen atoms in total. The summed E-state index contributed by atoms with van der Waals surface area (Å²) in [5.74, 6) is 0. The van der Waals surface area contributed by atoms with Crippen molar-refractivity contribution in [3.63, 3.8) is 0 Å². The zero-order valence-electron chi connectivity index (χ0n) is 12.6. The standard InChI is InChI=1S/C18H14N2O3S/c21-20(22)18-14-8-7-13-17(18)19-24(23,15-9-3-1-4-10-15)16-11-5-2-6-12-16/h1-14H. The molecule has 0 aromatic heterocycles. The third-order valence-corrected chi connectivity index (χ3v) is 5.71. The van der Waals surface area contributed by atoms with Crippen LogP contribution in [0.2, 0.25) is 0 Å². The molecule has 0 heterocycles. The van der Waals surface area contributed by atoms with Gasteiger partial charge in [-0.1, -0.05) is 48.5 Å². The van der Waals surface area contributed by atoms with Crippen molar-refractivity contribution in [3.8, 4) is 0 Å². The van der Waals surface area contributed by atoms with E-state index in [2.05, 4.69) is 4.36 Å². The van der Waals surface area contributed by atoms with Crippen LogP contribution in [0.4, 0.5) is 11.4 Å². The van der Waals surface area contributed by atoms with Gasteiger partial charge in [0.25, 0.3) is 5.69 Å². The first-order chi connectivity index (χ1) is 11.6. The van der Waals surface area contributed by atoms with E-state index in [0.29, 0.717) is 9.79 Å². The minimum Gasteiger partial charge on any atom is -0.258 e. The Morgan fingerprint density at radius 3 is 1.71 bits per heavy atom. The van der Waals surface area contributed by atoms with E-state index >= 15 is 0 Å². The summed E-state index contributed by atoms with van der Waals surface area (Å²) in [4.78, 5) is 11.7. The van der Waals surface area contributed by atoms with Gasteiger partial charge in [-0.25, -0.2) is 4.21 Å². The average molecular weight is 338 g/mol. The third-order valence-electron chi connectivity index (χ3n) is 3.43. The molecule has 24 heavy (non-hydrogen) atoms. The normalized spacial score (nSPS) is 11.0. The molecule has 0 aliphatic rings. The van der Waals surface area contributed by atoms with E-state index in [9.17, 15) is 14.3 Å². The molecule has 0 aliphatic heterocycles. The first-order valence-electron chi connectivity index (χ1n) is 7.22. The largest absolute Gasteiger partial charge is 0.295 e. The first kappa shape index (κ1) is 15.9. The monoisotopic (exact) mass is 338 g/mol. The van der Waals surface area contributed by atoms with Gasteiger partial charge in [-0.15, -0.1) is 0 Å². The van der Waals surface area contributed by atoms with Crippen molar-refractivity contribution in [2.45, 2.75) is 9.79 Å². The highest BCUT2D eigenvalue weighted by Gasteiger charge is 2.19. The fourth-order valence-electron chi connectivity index (χ4n) is 2.29. The molecule has 0 fully saturated rings. The van der Waals surface area contributed by atoms with Crippen molar-refractivity contribution in [3.05, 3.63) is 95.0 Å². The Balaban J connectivity index is 2.32. The van der Waals surface area contributed by atoms with Crippen LogP contribution in [0.25, 0.3) is 0 Å². The maximum absolute atomic E-state index is 13.7. The predicted molar refractivity (Wildman–Crippen MR) is 92.7 cm³/mol. The minimum absolute atomic E-state index is 0.0974. The SMILES string of the molecule is O=[N+]([O-])c1ccccc1N=S(=O)(c1ccccc1)c1ccccc1. The van der Waals surface area contributed by atoms with Crippen LogP contribution >= 0.6 is 0 Å². The van der Waals surface area contributed by atoms with Crippen molar-refractivity contribution >= 4 is 21.1 Å². The van der Waals surface area contributed by atoms with Gasteiger partial charge in [0.2, 0.25) is 0 Å². The van der Waals surface area contributed by atoms with Crippen LogP contribution < -0.4 is 0 Å². The number of rotatable bonds is 4. The highest BCUT2D eigenvalue weighted by atomic mass is 32.2. The van der Waals surface area contributed by atoms with E-state index in [-0.39, 0.29) is 11.4 Å². The van der Waals surface area contributed by atoms with Crippen molar-refractivity contribution in [2.75, 3.05) is 0 Å². The molecule has 0 saturated heterocycles. The minimum atomic E-state index is -3.03. The van der Waals surface area contributed by atoms with E-state index < -0.39 is 14.7 Å². The number of hydrogen-bond acceptors (Lipinski definition) is 4. The van der Waals surface area contributed by atoms with Gasteiger partial charge < -0.3 is 0 Å². The Morgan fingerprint density at radius 2 is 1.21 bits per heavy atom. The number of hydrogen-bond donors (Lipinski definition) is 0. The van der Waals surface area contributed by atoms with Gasteiger partial charge in [0.05, 0.1) is 14.7 Å². The fraction of sp³-hybridized carbons (Fsp3) is 0. The highest BCUT2D eigenvalue weighted by Crippen LogP contribution is 2.32. The maximum Gasteiger partial charge on any atom is 0.295 e. The van der Waals surface area contributed by atoms with Gasteiger partial charge in [-0.3, -0.25) is 10.1 Å². The summed E-state index contributed by atoms with van der Waals surface area (Å²) in [5, 5.41) is 11.2. The Hall–Kier alpha value is -2.99. The van der Waals surface area contributed by atoms with E-state index in [0.717, 1.165) is 0 Å². The van der Waals surface area contributed by atoms with Gasteiger partial charge in [-0.05, 0) is 30.3 Å². The van der Waals surface area contributed by atoms with Crippen LogP contribution in [0.15, 0.2) is 99.1 Å². The van der Waals surface area contributed by atoms with Crippen molar-refractivity contribution in [1.29, 1.82) is 0 Å². The summed E-state index contributed by atoms with van der Waals surface area (Å²) in [6.07, 6.45) is 0. The smallest absolute Gasteiger partial charge is 0.258 e. The lowest BCUT2D eigenvalue weighted by atomic mass is 10.3. The first-order valence-corrected chi connectivity index (χ1v) is 8.73. The number of nitro groups is 1. The zero-order chi connectivity index (χ0) is 17.0. The van der Waals surface area contributed by atoms with Gasteiger partial charge in [0.15, 0.2) is 5.69 Å². The van der Waals surface area contributed by atoms with Crippen LogP contribution in [0.5, 0.6) is 0 Å². The van der Waals surface area contributed by atoms with Crippen LogP contribution in [0, 0.1) is 10.1 Å². The lowest BCUT2D eigenvalue weighted by Gasteiger charge is -2.11. The molecule has 0 atom stereocenters. The molecule has 0 amide bonds. The van der Waals surface area contributed by atoms with Gasteiger partial charge in [0.1, 0.15) is 9.73 Å². The molecular formula is C18H14N2O3S. The van der Waals surface area contributed by atoms with Crippen LogP contribution in [0.1, 0.15) is 0 Å². The van der Waals surface area contributed by atoms with E-state index in [1.165, 1.54) is 12.1 Å². The Labute approximate surface area is 139 Å². The second-order valence-corrected chi connectivity index (χ2v) is 7.17. The fourth-order valence-corrected chi connectivity index (χ4v) is 4.25. The van der Waals surface area contributed by atoms with Crippen molar-refractivity contribution in [1.82, 2.24) is 0 Å². The molecule has 3 aromatic rings. The molecule has 3 rings (SSSR count). The predicted octanol–water partition coefficient (Wildman–Crippen LogP) is 4.81. The quantitative estimate of drug-likeness (QED) is 0.506. The summed E-state index contributed by atoms with van der Waals surface area (Å²) in [7, 11) is -3.03. The molecule has 0 radical (unpaired) electrons. The number of nitro benzene ring substituents is 1. The zero-order valence-corrected chi connectivity index (χ0v) is 13.4. The molecular weight excluding hydrogens is 324 g/mol. The lowest BCUT2D eigenvalue weighted by molar-refractivity contribution is -0.384. The lowest BCUT2D eigenvalue weighted by Crippen LogP contribution is -2.02. The molecule has 0 unspecified atom stereocenters. The van der Waals surface area contributed by atoms with Crippen LogP contribution in [-0.4, -0.2) is 9.13 Å². The number of benzene rings is 3. The summed E-state index contributed by atoms with van der Waals surface area (Å²) in [5.41, 5.74) is -0.0720. The number of nitrogens with zero attached hydrogens (tertiary/aromatic N) is 2. The van der Waals surface area contributed by atoms with Crippen LogP contribution in [0.3, 0.4) is 0 Å². The molecule has 3 aromatic carbocycles. The highest BCUT2D eigenvalue weighted by molar-refractivity contribution is 7.93. The molecule has 0 saturated carbocycles. The molecule has 0 bridgehead atoms. The van der Waals surface area contributed by atoms with Crippen LogP contribution in [-0.2, 0) is 9.73 Å². The third kappa shape index (κ3) is 3.04. The Kier molecular flexibility index (Phi) is 4.39. The molecule has 6 heteroatoms. The second kappa shape index (κ2) is 6.64. The molecule has 120 valence electrons.